The van der Waals surface area contributed by atoms with E-state index in [1.807, 2.05) is 42.5 Å². The fourth-order valence-electron chi connectivity index (χ4n) is 10.5. The predicted molar refractivity (Wildman–Crippen MR) is 272 cm³/mol. The largest absolute Gasteiger partial charge is 0.456 e. The summed E-state index contributed by atoms with van der Waals surface area (Å²) < 4.78 is 15.4. The molecule has 0 fully saturated rings. The second kappa shape index (κ2) is 13.9. The Kier molecular flexibility index (Phi) is 7.84. The quantitative estimate of drug-likeness (QED) is 0.172. The molecule has 66 heavy (non-hydrogen) atoms. The van der Waals surface area contributed by atoms with Crippen LogP contribution >= 0.6 is 11.3 Å². The second-order valence-electron chi connectivity index (χ2n) is 17.9. The fourth-order valence-corrected chi connectivity index (χ4v) is 11.6. The van der Waals surface area contributed by atoms with Crippen molar-refractivity contribution >= 4 is 75.4 Å². The number of nitrogens with zero attached hydrogens (tertiary/aromatic N) is 3. The predicted octanol–water partition coefficient (Wildman–Crippen LogP) is 16.7. The van der Waals surface area contributed by atoms with E-state index in [2.05, 4.69) is 159 Å². The maximum atomic E-state index is 6.61. The summed E-state index contributed by atoms with van der Waals surface area (Å²) in [5.41, 5.74) is 15.8. The smallest absolute Gasteiger partial charge is 0.164 e. The van der Waals surface area contributed by atoms with Gasteiger partial charge < -0.3 is 8.83 Å². The lowest BCUT2D eigenvalue weighted by atomic mass is 9.82. The molecule has 9 aromatic carbocycles. The van der Waals surface area contributed by atoms with Gasteiger partial charge in [-0.15, -0.1) is 11.3 Å². The van der Waals surface area contributed by atoms with Gasteiger partial charge in [0.2, 0.25) is 0 Å². The molecule has 0 bridgehead atoms. The third-order valence-electron chi connectivity index (χ3n) is 13.8. The number of benzene rings is 9. The van der Waals surface area contributed by atoms with Crippen molar-refractivity contribution in [2.24, 2.45) is 0 Å². The van der Waals surface area contributed by atoms with Gasteiger partial charge in [-0.25, -0.2) is 15.0 Å². The monoisotopic (exact) mass is 863 g/mol. The zero-order valence-electron chi connectivity index (χ0n) is 36.0. The van der Waals surface area contributed by atoms with Crippen molar-refractivity contribution in [3.63, 3.8) is 0 Å². The molecule has 14 rings (SSSR count). The molecule has 0 amide bonds. The Bertz CT molecular complexity index is 4170. The van der Waals surface area contributed by atoms with Gasteiger partial charge in [-0.2, -0.15) is 0 Å². The van der Waals surface area contributed by atoms with Gasteiger partial charge in [0.15, 0.2) is 17.5 Å². The van der Waals surface area contributed by atoms with Crippen molar-refractivity contribution in [2.75, 3.05) is 0 Å². The molecule has 0 radical (unpaired) electrons. The first-order valence-electron chi connectivity index (χ1n) is 22.3. The molecule has 4 heterocycles. The molecule has 6 heteroatoms. The summed E-state index contributed by atoms with van der Waals surface area (Å²) in [4.78, 5) is 15.9. The molecule has 0 saturated heterocycles. The Morgan fingerprint density at radius 3 is 1.68 bits per heavy atom. The van der Waals surface area contributed by atoms with Crippen LogP contribution in [0, 0.1) is 0 Å². The molecule has 0 atom stereocenters. The molecule has 0 aliphatic heterocycles. The number of hydrogen-bond donors (Lipinski definition) is 0. The lowest BCUT2D eigenvalue weighted by Gasteiger charge is -2.21. The Balaban J connectivity index is 0.938. The maximum absolute atomic E-state index is 6.61. The zero-order valence-corrected chi connectivity index (χ0v) is 36.8. The number of fused-ring (bicyclic) bond motifs is 12. The normalized spacial score (nSPS) is 13.1. The molecule has 0 N–H and O–H groups in total. The van der Waals surface area contributed by atoms with Crippen molar-refractivity contribution < 1.29 is 8.83 Å². The van der Waals surface area contributed by atoms with Crippen LogP contribution in [0.1, 0.15) is 25.0 Å². The lowest BCUT2D eigenvalue weighted by Crippen LogP contribution is -2.14. The summed E-state index contributed by atoms with van der Waals surface area (Å²) in [6.45, 7) is 4.65. The Labute approximate surface area is 383 Å². The van der Waals surface area contributed by atoms with E-state index < -0.39 is 0 Å². The van der Waals surface area contributed by atoms with Gasteiger partial charge in [0.1, 0.15) is 22.3 Å². The van der Waals surface area contributed by atoms with E-state index in [1.165, 1.54) is 53.6 Å². The van der Waals surface area contributed by atoms with Gasteiger partial charge in [0.05, 0.1) is 0 Å². The van der Waals surface area contributed by atoms with Crippen LogP contribution in [0.3, 0.4) is 0 Å². The molecule has 0 saturated carbocycles. The minimum atomic E-state index is -0.0329. The summed E-state index contributed by atoms with van der Waals surface area (Å²) in [6.07, 6.45) is 0. The number of rotatable bonds is 5. The molecule has 1 aliphatic rings. The van der Waals surface area contributed by atoms with Crippen molar-refractivity contribution in [1.82, 2.24) is 15.0 Å². The minimum Gasteiger partial charge on any atom is -0.456 e. The topological polar surface area (TPSA) is 65.0 Å². The number of aromatic nitrogens is 3. The molecule has 0 unspecified atom stereocenters. The second-order valence-corrected chi connectivity index (χ2v) is 19.0. The summed E-state index contributed by atoms with van der Waals surface area (Å²) >= 11 is 1.80. The van der Waals surface area contributed by atoms with Crippen LogP contribution in [0.4, 0.5) is 0 Å². The highest BCUT2D eigenvalue weighted by molar-refractivity contribution is 7.25. The molecular weight excluding hydrogens is 827 g/mol. The summed E-state index contributed by atoms with van der Waals surface area (Å²) in [5, 5.41) is 6.36. The first kappa shape index (κ1) is 37.2. The number of hydrogen-bond acceptors (Lipinski definition) is 6. The van der Waals surface area contributed by atoms with Gasteiger partial charge >= 0.3 is 0 Å². The van der Waals surface area contributed by atoms with Crippen LogP contribution in [0.25, 0.3) is 132 Å². The SMILES string of the molecule is CC1(C)c2ccccc2-c2cc(-c3cccc(-c4ccc5oc6cccc(-c7nc(-c8ccc9sc%10ccccc%10c9c8)nc(-c8cccc9oc%10ccccc%10c89)n7)c6c5c4)c3)ccc21. The van der Waals surface area contributed by atoms with E-state index >= 15 is 0 Å². The van der Waals surface area contributed by atoms with E-state index in [-0.39, 0.29) is 5.41 Å². The molecule has 1 aliphatic carbocycles. The van der Waals surface area contributed by atoms with Crippen molar-refractivity contribution in [2.45, 2.75) is 19.3 Å². The highest BCUT2D eigenvalue weighted by Gasteiger charge is 2.35. The fraction of sp³-hybridized carbons (Fsp3) is 0.0500. The third kappa shape index (κ3) is 5.55. The van der Waals surface area contributed by atoms with E-state index in [9.17, 15) is 0 Å². The molecular formula is C60H37N3O2S. The van der Waals surface area contributed by atoms with Crippen LogP contribution in [0.5, 0.6) is 0 Å². The van der Waals surface area contributed by atoms with Crippen molar-refractivity contribution in [3.8, 4) is 67.5 Å². The third-order valence-corrected chi connectivity index (χ3v) is 14.9. The zero-order chi connectivity index (χ0) is 43.7. The van der Waals surface area contributed by atoms with Gasteiger partial charge in [-0.3, -0.25) is 0 Å². The van der Waals surface area contributed by atoms with E-state index in [0.717, 1.165) is 71.7 Å². The standard InChI is InChI=1S/C60H37N3O2S/c1-60(2)47-19-6-3-14-39(47)44-31-36(24-27-48(44)60)34-12-9-13-35(30-34)37-25-28-50-46(32-37)56-43(18-11-22-52(56)65-50)59-62-57(38-26-29-54-45(33-38)40-15-5-8-23-53(40)66-54)61-58(63-59)42-17-10-21-51-55(42)41-16-4-7-20-49(41)64-51/h3-33H,1-2H3. The Hall–Kier alpha value is -8.19. The van der Waals surface area contributed by atoms with Gasteiger partial charge in [-0.1, -0.05) is 135 Å². The first-order chi connectivity index (χ1) is 32.4. The minimum absolute atomic E-state index is 0.0329. The van der Waals surface area contributed by atoms with Crippen LogP contribution in [-0.2, 0) is 5.41 Å². The maximum Gasteiger partial charge on any atom is 0.164 e. The molecule has 310 valence electrons. The van der Waals surface area contributed by atoms with Gasteiger partial charge in [-0.05, 0) is 111 Å². The van der Waals surface area contributed by atoms with Crippen LogP contribution in [-0.4, -0.2) is 15.0 Å². The average Bonchev–Trinajstić information content (AvgIpc) is 4.11. The molecule has 4 aromatic heterocycles. The highest BCUT2D eigenvalue weighted by atomic mass is 32.1. The van der Waals surface area contributed by atoms with E-state index in [0.29, 0.717) is 17.5 Å². The van der Waals surface area contributed by atoms with Gasteiger partial charge in [0.25, 0.3) is 0 Å². The van der Waals surface area contributed by atoms with Crippen LogP contribution in [0.2, 0.25) is 0 Å². The Morgan fingerprint density at radius 1 is 0.348 bits per heavy atom. The van der Waals surface area contributed by atoms with E-state index in [1.54, 1.807) is 11.3 Å². The Morgan fingerprint density at radius 2 is 0.879 bits per heavy atom. The lowest BCUT2D eigenvalue weighted by molar-refractivity contribution is 0.660. The summed E-state index contributed by atoms with van der Waals surface area (Å²) in [7, 11) is 0. The summed E-state index contributed by atoms with van der Waals surface area (Å²) in [5.74, 6) is 1.73. The highest BCUT2D eigenvalue weighted by Crippen LogP contribution is 2.50. The average molecular weight is 864 g/mol. The summed E-state index contributed by atoms with van der Waals surface area (Å²) in [6, 6.07) is 66.7. The molecule has 13 aromatic rings. The number of furan rings is 2. The van der Waals surface area contributed by atoms with Crippen molar-refractivity contribution in [3.05, 3.63) is 199 Å². The van der Waals surface area contributed by atoms with Crippen molar-refractivity contribution in [1.29, 1.82) is 0 Å². The van der Waals surface area contributed by atoms with E-state index in [4.69, 9.17) is 23.8 Å². The number of para-hydroxylation sites is 1. The number of thiophene rings is 1. The molecule has 5 nitrogen and oxygen atoms in total. The first-order valence-corrected chi connectivity index (χ1v) is 23.1. The molecule has 0 spiro atoms. The van der Waals surface area contributed by atoms with Gasteiger partial charge in [0, 0.05) is 63.8 Å². The van der Waals surface area contributed by atoms with Crippen LogP contribution in [0.15, 0.2) is 197 Å². The van der Waals surface area contributed by atoms with Crippen LogP contribution < -0.4 is 0 Å².